The Morgan fingerprint density at radius 1 is 0.571 bits per heavy atom. The first kappa shape index (κ1) is 50.5. The van der Waals surface area contributed by atoms with E-state index in [0.29, 0.717) is 11.1 Å². The van der Waals surface area contributed by atoms with Crippen molar-refractivity contribution in [2.24, 2.45) is 5.84 Å². The van der Waals surface area contributed by atoms with Crippen LogP contribution in [0.25, 0.3) is 0 Å². The number of hydrogen-bond donors (Lipinski definition) is 8. The molecule has 0 aliphatic rings. The highest BCUT2D eigenvalue weighted by Crippen LogP contribution is 2.28. The van der Waals surface area contributed by atoms with Crippen LogP contribution in [0.2, 0.25) is 0 Å². The van der Waals surface area contributed by atoms with E-state index in [2.05, 4.69) is 25.8 Å². The fourth-order valence-electron chi connectivity index (χ4n) is 4.08. The first-order valence-corrected chi connectivity index (χ1v) is 17.0. The third kappa shape index (κ3) is 19.7. The van der Waals surface area contributed by atoms with Gasteiger partial charge in [-0.05, 0) is 112 Å². The monoisotopic (exact) mass is 798 g/mol. The van der Waals surface area contributed by atoms with Crippen LogP contribution < -0.4 is 22.1 Å². The average molecular weight is 799 g/mol. The van der Waals surface area contributed by atoms with Gasteiger partial charge in [-0.1, -0.05) is 12.1 Å². The van der Waals surface area contributed by atoms with Crippen LogP contribution in [0.1, 0.15) is 87.3 Å². The number of aromatic hydroxyl groups is 4. The van der Waals surface area contributed by atoms with Crippen LogP contribution in [-0.2, 0) is 50.9 Å². The molecule has 2 unspecified atom stereocenters. The number of hydrogen-bond acceptors (Lipinski definition) is 18. The lowest BCUT2D eigenvalue weighted by atomic mass is 9.93. The molecule has 1 amide bonds. The van der Waals surface area contributed by atoms with E-state index in [4.69, 9.17) is 24.8 Å². The number of phenols is 4. The maximum atomic E-state index is 12.1. The average Bonchev–Trinajstić information content (AvgIpc) is 3.04. The summed E-state index contributed by atoms with van der Waals surface area (Å²) in [5, 5.41) is 37.4. The SMILES string of the molecule is CC(C)(C)OC(=O)OC(=O)OC(C)(C)C.COC(=O)C(C)(Cc1ccc(O)c(O)c1)NN.COC(=O)C(C)(Cc1ccc(O)c(O)c1)NNC(=O)OC(C)(C)C. The van der Waals surface area contributed by atoms with E-state index in [9.17, 15) is 44.4 Å². The third-order valence-electron chi connectivity index (χ3n) is 6.57. The molecule has 0 radical (unpaired) electrons. The second-order valence-electron chi connectivity index (χ2n) is 15.6. The van der Waals surface area contributed by atoms with Gasteiger partial charge in [0, 0.05) is 12.8 Å². The number of benzene rings is 2. The Bertz CT molecular complexity index is 1620. The van der Waals surface area contributed by atoms with Crippen molar-refractivity contribution in [1.29, 1.82) is 0 Å². The van der Waals surface area contributed by atoms with Gasteiger partial charge in [-0.3, -0.25) is 16.1 Å². The molecule has 0 aliphatic heterocycles. The summed E-state index contributed by atoms with van der Waals surface area (Å²) < 4.78 is 28.3. The van der Waals surface area contributed by atoms with Crippen molar-refractivity contribution in [2.45, 2.75) is 117 Å². The first-order chi connectivity index (χ1) is 25.4. The molecule has 316 valence electrons. The molecule has 0 heterocycles. The summed E-state index contributed by atoms with van der Waals surface area (Å²) in [6.07, 6.45) is -2.55. The van der Waals surface area contributed by atoms with Crippen molar-refractivity contribution >= 4 is 30.3 Å². The zero-order valence-corrected chi connectivity index (χ0v) is 34.2. The van der Waals surface area contributed by atoms with Crippen molar-refractivity contribution in [3.8, 4) is 23.0 Å². The maximum absolute atomic E-state index is 12.1. The van der Waals surface area contributed by atoms with Gasteiger partial charge in [-0.25, -0.2) is 30.0 Å². The van der Waals surface area contributed by atoms with Gasteiger partial charge in [0.2, 0.25) is 0 Å². The Hall–Kier alpha value is -5.53. The van der Waals surface area contributed by atoms with E-state index in [1.165, 1.54) is 45.4 Å². The molecule has 2 atom stereocenters. The van der Waals surface area contributed by atoms with Gasteiger partial charge in [-0.15, -0.1) is 0 Å². The molecule has 0 fully saturated rings. The van der Waals surface area contributed by atoms with Crippen LogP contribution in [0.3, 0.4) is 0 Å². The standard InChI is InChI=1S/C16H24N2O6.C11H16N2O4.C10H18O5/c1-15(2,3)24-14(22)17-18-16(4,13(21)23-5)9-10-6-7-11(19)12(20)8-10;1-11(13-12,10(16)17-2)6-7-3-4-8(14)9(15)5-7;1-9(2,3)14-7(11)13-8(12)15-10(4,5)6/h6-8,18-20H,9H2,1-5H3,(H,17,22);3-5,13-15H,6,12H2,1-2H3;1-6H3. The molecule has 0 aromatic heterocycles. The number of phenolic OH excluding ortho intramolecular Hbond substituents is 4. The topological polar surface area (TPSA) is 284 Å². The number of esters is 2. The Kier molecular flexibility index (Phi) is 18.9. The minimum atomic E-state index is -1.31. The second-order valence-corrected chi connectivity index (χ2v) is 15.6. The maximum Gasteiger partial charge on any atom is 0.519 e. The normalized spacial score (nSPS) is 13.3. The highest BCUT2D eigenvalue weighted by Gasteiger charge is 2.36. The van der Waals surface area contributed by atoms with Gasteiger partial charge in [0.25, 0.3) is 0 Å². The molecule has 2 rings (SSSR count). The van der Waals surface area contributed by atoms with Gasteiger partial charge in [0.15, 0.2) is 23.0 Å². The van der Waals surface area contributed by atoms with Crippen LogP contribution in [0.5, 0.6) is 23.0 Å². The van der Waals surface area contributed by atoms with Crippen molar-refractivity contribution in [1.82, 2.24) is 16.3 Å². The van der Waals surface area contributed by atoms with Crippen molar-refractivity contribution < 1.29 is 72.8 Å². The zero-order chi connectivity index (χ0) is 43.9. The van der Waals surface area contributed by atoms with Crippen LogP contribution in [0.15, 0.2) is 36.4 Å². The van der Waals surface area contributed by atoms with Crippen LogP contribution in [-0.4, -0.2) is 92.9 Å². The largest absolute Gasteiger partial charge is 0.519 e. The predicted molar refractivity (Wildman–Crippen MR) is 201 cm³/mol. The van der Waals surface area contributed by atoms with Gasteiger partial charge in [0.1, 0.15) is 27.9 Å². The Balaban J connectivity index is 0.000000840. The molecule has 0 saturated carbocycles. The van der Waals surface area contributed by atoms with Crippen LogP contribution in [0.4, 0.5) is 14.4 Å². The predicted octanol–water partition coefficient (Wildman–Crippen LogP) is 4.51. The van der Waals surface area contributed by atoms with E-state index in [1.54, 1.807) is 81.4 Å². The van der Waals surface area contributed by atoms with E-state index in [0.717, 1.165) is 0 Å². The van der Waals surface area contributed by atoms with E-state index >= 15 is 0 Å². The quantitative estimate of drug-likeness (QED) is 0.0432. The van der Waals surface area contributed by atoms with E-state index in [-0.39, 0.29) is 35.8 Å². The molecule has 0 bridgehead atoms. The lowest BCUT2D eigenvalue weighted by molar-refractivity contribution is -0.148. The number of carbonyl (C=O) groups excluding carboxylic acids is 5. The van der Waals surface area contributed by atoms with Gasteiger partial charge < -0.3 is 48.8 Å². The molecule has 2 aromatic carbocycles. The van der Waals surface area contributed by atoms with Gasteiger partial charge >= 0.3 is 30.3 Å². The molecule has 19 heteroatoms. The molecule has 56 heavy (non-hydrogen) atoms. The van der Waals surface area contributed by atoms with Crippen LogP contribution in [0, 0.1) is 0 Å². The summed E-state index contributed by atoms with van der Waals surface area (Å²) in [6, 6.07) is 8.49. The fraction of sp³-hybridized carbons (Fsp3) is 0.541. The molecule has 0 spiro atoms. The molecular formula is C37H58N4O15. The molecule has 0 aliphatic carbocycles. The number of carbonyl (C=O) groups is 5. The number of amides is 1. The number of rotatable bonds is 9. The summed E-state index contributed by atoms with van der Waals surface area (Å²) in [6.45, 7) is 18.3. The number of methoxy groups -OCH3 is 2. The molecule has 9 N–H and O–H groups in total. The molecular weight excluding hydrogens is 740 g/mol. The molecule has 2 aromatic rings. The smallest absolute Gasteiger partial charge is 0.504 e. The highest BCUT2D eigenvalue weighted by atomic mass is 16.8. The Morgan fingerprint density at radius 2 is 0.929 bits per heavy atom. The lowest BCUT2D eigenvalue weighted by Crippen LogP contribution is -2.59. The molecule has 0 saturated heterocycles. The summed E-state index contributed by atoms with van der Waals surface area (Å²) in [4.78, 5) is 57.4. The highest BCUT2D eigenvalue weighted by molar-refractivity contribution is 5.81. The summed E-state index contributed by atoms with van der Waals surface area (Å²) >= 11 is 0. The summed E-state index contributed by atoms with van der Waals surface area (Å²) in [7, 11) is 2.50. The minimum Gasteiger partial charge on any atom is -0.504 e. The van der Waals surface area contributed by atoms with Crippen molar-refractivity contribution in [3.63, 3.8) is 0 Å². The zero-order valence-electron chi connectivity index (χ0n) is 34.2. The third-order valence-corrected chi connectivity index (χ3v) is 6.57. The first-order valence-electron chi connectivity index (χ1n) is 17.0. The fourth-order valence-corrected chi connectivity index (χ4v) is 4.08. The summed E-state index contributed by atoms with van der Waals surface area (Å²) in [5.41, 5.74) is 4.05. The van der Waals surface area contributed by atoms with Crippen molar-refractivity contribution in [2.75, 3.05) is 14.2 Å². The van der Waals surface area contributed by atoms with E-state index < -0.39 is 58.2 Å². The number of hydrazine groups is 2. The summed E-state index contributed by atoms with van der Waals surface area (Å²) in [5.74, 6) is 3.18. The number of nitrogens with one attached hydrogen (secondary N) is 3. The Morgan fingerprint density at radius 3 is 1.25 bits per heavy atom. The molecule has 19 nitrogen and oxygen atoms in total. The Labute approximate surface area is 326 Å². The number of nitrogens with two attached hydrogens (primary N) is 1. The minimum absolute atomic E-state index is 0.0866. The van der Waals surface area contributed by atoms with Crippen LogP contribution >= 0.6 is 0 Å². The second kappa shape index (κ2) is 21.0. The van der Waals surface area contributed by atoms with E-state index in [1.807, 2.05) is 0 Å². The van der Waals surface area contributed by atoms with Crippen molar-refractivity contribution in [3.05, 3.63) is 47.5 Å². The lowest BCUT2D eigenvalue weighted by Gasteiger charge is -2.29. The number of ether oxygens (including phenoxy) is 6. The van der Waals surface area contributed by atoms with Gasteiger partial charge in [-0.2, -0.15) is 0 Å². The van der Waals surface area contributed by atoms with Gasteiger partial charge in [0.05, 0.1) is 14.2 Å².